The number of thiophene rings is 2. The van der Waals surface area contributed by atoms with Crippen LogP contribution in [-0.4, -0.2) is 15.0 Å². The highest BCUT2D eigenvalue weighted by molar-refractivity contribution is 7.98. The van der Waals surface area contributed by atoms with Gasteiger partial charge in [0.15, 0.2) is 5.16 Å². The van der Waals surface area contributed by atoms with Crippen molar-refractivity contribution in [3.63, 3.8) is 0 Å². The summed E-state index contributed by atoms with van der Waals surface area (Å²) >= 11 is 4.67. The molecule has 0 unspecified atom stereocenters. The number of fused-ring (bicyclic) bond motifs is 1. The van der Waals surface area contributed by atoms with Crippen LogP contribution < -0.4 is 5.73 Å². The summed E-state index contributed by atoms with van der Waals surface area (Å²) in [7, 11) is 0. The fourth-order valence-corrected chi connectivity index (χ4v) is 4.16. The lowest BCUT2D eigenvalue weighted by molar-refractivity contribution is 0.575. The Kier molecular flexibility index (Phi) is 3.57. The van der Waals surface area contributed by atoms with E-state index in [1.54, 1.807) is 28.9 Å². The maximum Gasteiger partial charge on any atom is 0.236 e. The van der Waals surface area contributed by atoms with E-state index in [2.05, 4.69) is 15.0 Å². The van der Waals surface area contributed by atoms with Crippen LogP contribution in [0, 0.1) is 0 Å². The molecule has 0 radical (unpaired) electrons. The summed E-state index contributed by atoms with van der Waals surface area (Å²) in [5.74, 6) is 1.82. The normalized spacial score (nSPS) is 11.3. The molecule has 4 heterocycles. The molecule has 4 aromatic rings. The molecule has 0 bridgehead atoms. The topological polar surface area (TPSA) is 77.8 Å². The van der Waals surface area contributed by atoms with E-state index in [0.717, 1.165) is 20.8 Å². The van der Waals surface area contributed by atoms with Crippen LogP contribution >= 0.6 is 34.4 Å². The Morgan fingerprint density at radius 2 is 2.09 bits per heavy atom. The summed E-state index contributed by atoms with van der Waals surface area (Å²) in [5, 5.41) is 5.54. The first kappa shape index (κ1) is 13.7. The zero-order valence-corrected chi connectivity index (χ0v) is 13.7. The average molecular weight is 346 g/mol. The minimum Gasteiger partial charge on any atom is -0.444 e. The van der Waals surface area contributed by atoms with Crippen molar-refractivity contribution in [2.75, 3.05) is 5.73 Å². The standard InChI is InChI=1S/C14H10N4OS3/c15-11-9-3-5-21-13(9)18-14(17-11)22-7-8-6-19-12(16-8)10-2-1-4-20-10/h1-6H,7H2,(H2,15,17,18). The third-order valence-corrected chi connectivity index (χ3v) is 5.51. The first-order chi connectivity index (χ1) is 10.8. The number of anilines is 1. The number of hydrogen-bond donors (Lipinski definition) is 1. The number of nitrogens with two attached hydrogens (primary N) is 1. The smallest absolute Gasteiger partial charge is 0.236 e. The number of aromatic nitrogens is 3. The Labute approximate surface area is 138 Å². The van der Waals surface area contributed by atoms with Crippen LogP contribution in [0.1, 0.15) is 5.69 Å². The molecule has 5 nitrogen and oxygen atoms in total. The monoisotopic (exact) mass is 346 g/mol. The van der Waals surface area contributed by atoms with Gasteiger partial charge in [-0.1, -0.05) is 17.8 Å². The number of hydrogen-bond acceptors (Lipinski definition) is 8. The molecule has 8 heteroatoms. The first-order valence-electron chi connectivity index (χ1n) is 6.41. The molecule has 4 rings (SSSR count). The van der Waals surface area contributed by atoms with Crippen molar-refractivity contribution in [2.24, 2.45) is 0 Å². The molecule has 0 amide bonds. The Morgan fingerprint density at radius 3 is 2.95 bits per heavy atom. The second kappa shape index (κ2) is 5.71. The first-order valence-corrected chi connectivity index (χ1v) is 9.16. The van der Waals surface area contributed by atoms with E-state index in [0.29, 0.717) is 22.6 Å². The van der Waals surface area contributed by atoms with Crippen molar-refractivity contribution < 1.29 is 4.42 Å². The molecule has 0 aliphatic heterocycles. The molecule has 0 atom stereocenters. The van der Waals surface area contributed by atoms with Gasteiger partial charge in [-0.3, -0.25) is 0 Å². The molecular weight excluding hydrogens is 336 g/mol. The van der Waals surface area contributed by atoms with Gasteiger partial charge in [0.25, 0.3) is 0 Å². The molecule has 110 valence electrons. The third kappa shape index (κ3) is 2.60. The average Bonchev–Trinajstić information content (AvgIpc) is 3.25. The van der Waals surface area contributed by atoms with E-state index in [4.69, 9.17) is 10.2 Å². The number of nitrogens with zero attached hydrogens (tertiary/aromatic N) is 3. The van der Waals surface area contributed by atoms with E-state index in [-0.39, 0.29) is 0 Å². The maximum absolute atomic E-state index is 5.95. The molecule has 0 aliphatic carbocycles. The van der Waals surface area contributed by atoms with E-state index in [1.807, 2.05) is 29.0 Å². The van der Waals surface area contributed by atoms with Crippen LogP contribution in [0.25, 0.3) is 21.0 Å². The van der Waals surface area contributed by atoms with Gasteiger partial charge in [-0.15, -0.1) is 22.7 Å². The summed E-state index contributed by atoms with van der Waals surface area (Å²) in [6.07, 6.45) is 1.68. The molecule has 0 saturated carbocycles. The maximum atomic E-state index is 5.95. The lowest BCUT2D eigenvalue weighted by Crippen LogP contribution is -1.95. The lowest BCUT2D eigenvalue weighted by Gasteiger charge is -2.00. The SMILES string of the molecule is Nc1nc(SCc2coc(-c3cccs3)n2)nc2sccc12. The predicted octanol–water partition coefficient (Wildman–Crippen LogP) is 4.28. The second-order valence-electron chi connectivity index (χ2n) is 4.44. The zero-order chi connectivity index (χ0) is 14.9. The van der Waals surface area contributed by atoms with E-state index < -0.39 is 0 Å². The van der Waals surface area contributed by atoms with E-state index in [1.165, 1.54) is 11.8 Å². The number of oxazole rings is 1. The zero-order valence-electron chi connectivity index (χ0n) is 11.2. The van der Waals surface area contributed by atoms with Crippen LogP contribution in [-0.2, 0) is 5.75 Å². The van der Waals surface area contributed by atoms with Gasteiger partial charge in [0.05, 0.1) is 16.0 Å². The van der Waals surface area contributed by atoms with Crippen LogP contribution in [0.15, 0.2) is 44.8 Å². The molecule has 0 spiro atoms. The fraction of sp³-hybridized carbons (Fsp3) is 0.0714. The van der Waals surface area contributed by atoms with Gasteiger partial charge in [0, 0.05) is 5.75 Å². The molecule has 0 fully saturated rings. The molecular formula is C14H10N4OS3. The highest BCUT2D eigenvalue weighted by Gasteiger charge is 2.10. The van der Waals surface area contributed by atoms with Gasteiger partial charge < -0.3 is 10.2 Å². The van der Waals surface area contributed by atoms with Crippen molar-refractivity contribution in [1.29, 1.82) is 0 Å². The van der Waals surface area contributed by atoms with Crippen molar-refractivity contribution in [2.45, 2.75) is 10.9 Å². The summed E-state index contributed by atoms with van der Waals surface area (Å²) in [6, 6.07) is 5.90. The van der Waals surface area contributed by atoms with Crippen LogP contribution in [0.4, 0.5) is 5.82 Å². The predicted molar refractivity (Wildman–Crippen MR) is 91.2 cm³/mol. The molecule has 0 aromatic carbocycles. The summed E-state index contributed by atoms with van der Waals surface area (Å²) in [6.45, 7) is 0. The van der Waals surface area contributed by atoms with Gasteiger partial charge in [-0.2, -0.15) is 0 Å². The summed E-state index contributed by atoms with van der Waals surface area (Å²) < 4.78 is 5.50. The van der Waals surface area contributed by atoms with E-state index in [9.17, 15) is 0 Å². The van der Waals surface area contributed by atoms with Crippen LogP contribution in [0.5, 0.6) is 0 Å². The minimum absolute atomic E-state index is 0.521. The molecule has 22 heavy (non-hydrogen) atoms. The van der Waals surface area contributed by atoms with Crippen LogP contribution in [0.3, 0.4) is 0 Å². The lowest BCUT2D eigenvalue weighted by atomic mass is 10.4. The Balaban J connectivity index is 1.52. The van der Waals surface area contributed by atoms with Crippen molar-refractivity contribution in [1.82, 2.24) is 15.0 Å². The number of rotatable bonds is 4. The highest BCUT2D eigenvalue weighted by Crippen LogP contribution is 2.29. The molecule has 2 N–H and O–H groups in total. The fourth-order valence-electron chi connectivity index (χ4n) is 1.95. The summed E-state index contributed by atoms with van der Waals surface area (Å²) in [5.41, 5.74) is 6.81. The second-order valence-corrected chi connectivity index (χ2v) is 7.23. The van der Waals surface area contributed by atoms with Gasteiger partial charge >= 0.3 is 0 Å². The van der Waals surface area contributed by atoms with Gasteiger partial charge in [-0.05, 0) is 22.9 Å². The largest absolute Gasteiger partial charge is 0.444 e. The Hall–Kier alpha value is -1.90. The molecule has 0 aliphatic rings. The van der Waals surface area contributed by atoms with Gasteiger partial charge in [0.2, 0.25) is 5.89 Å². The minimum atomic E-state index is 0.521. The van der Waals surface area contributed by atoms with Crippen molar-refractivity contribution in [3.8, 4) is 10.8 Å². The van der Waals surface area contributed by atoms with Crippen molar-refractivity contribution in [3.05, 3.63) is 40.9 Å². The van der Waals surface area contributed by atoms with Crippen LogP contribution in [0.2, 0.25) is 0 Å². The summed E-state index contributed by atoms with van der Waals surface area (Å²) in [4.78, 5) is 15.2. The molecule has 0 saturated heterocycles. The van der Waals surface area contributed by atoms with Gasteiger partial charge in [-0.25, -0.2) is 15.0 Å². The van der Waals surface area contributed by atoms with E-state index >= 15 is 0 Å². The number of thioether (sulfide) groups is 1. The van der Waals surface area contributed by atoms with Gasteiger partial charge in [0.1, 0.15) is 16.9 Å². The third-order valence-electron chi connectivity index (χ3n) is 2.97. The molecule has 4 aromatic heterocycles. The van der Waals surface area contributed by atoms with Crippen molar-refractivity contribution >= 4 is 50.5 Å². The Morgan fingerprint density at radius 1 is 1.14 bits per heavy atom. The Bertz CT molecular complexity index is 913. The quantitative estimate of drug-likeness (QED) is 0.439. The highest BCUT2D eigenvalue weighted by atomic mass is 32.2. The number of nitrogen functional groups attached to an aromatic ring is 1.